The molecule has 5 heteroatoms. The lowest BCUT2D eigenvalue weighted by Crippen LogP contribution is -1.98. The first-order valence-electron chi connectivity index (χ1n) is 5.61. The lowest BCUT2D eigenvalue weighted by Gasteiger charge is -1.96. The largest absolute Gasteiger partial charge is 0.469 e. The lowest BCUT2D eigenvalue weighted by molar-refractivity contribution is -0.384. The molecule has 1 aromatic carbocycles. The fraction of sp³-hybridized carbons (Fsp3) is 0.308. The Kier molecular flexibility index (Phi) is 5.57. The lowest BCUT2D eigenvalue weighted by atomic mass is 10.1. The van der Waals surface area contributed by atoms with Gasteiger partial charge in [0, 0.05) is 18.6 Å². The zero-order chi connectivity index (χ0) is 13.4. The molecule has 0 bridgehead atoms. The van der Waals surface area contributed by atoms with Crippen LogP contribution in [-0.2, 0) is 9.53 Å². The Bertz CT molecular complexity index is 437. The molecule has 0 aromatic heterocycles. The minimum atomic E-state index is -0.427. The van der Waals surface area contributed by atoms with E-state index in [-0.39, 0.29) is 11.7 Å². The van der Waals surface area contributed by atoms with E-state index in [1.807, 2.05) is 12.2 Å². The highest BCUT2D eigenvalue weighted by Crippen LogP contribution is 2.13. The monoisotopic (exact) mass is 249 g/mol. The fourth-order valence-electron chi connectivity index (χ4n) is 1.39. The van der Waals surface area contributed by atoms with Crippen molar-refractivity contribution >= 4 is 17.7 Å². The smallest absolute Gasteiger partial charge is 0.305 e. The molecule has 0 N–H and O–H groups in total. The topological polar surface area (TPSA) is 69.4 Å². The molecule has 0 aliphatic rings. The van der Waals surface area contributed by atoms with Gasteiger partial charge in [-0.05, 0) is 30.5 Å². The normalized spacial score (nSPS) is 10.5. The Labute approximate surface area is 105 Å². The summed E-state index contributed by atoms with van der Waals surface area (Å²) >= 11 is 0. The summed E-state index contributed by atoms with van der Waals surface area (Å²) in [5, 5.41) is 10.4. The zero-order valence-electron chi connectivity index (χ0n) is 10.2. The van der Waals surface area contributed by atoms with E-state index in [0.717, 1.165) is 18.4 Å². The molecule has 0 aliphatic carbocycles. The number of nitro groups is 1. The van der Waals surface area contributed by atoms with Gasteiger partial charge in [0.25, 0.3) is 5.69 Å². The van der Waals surface area contributed by atoms with E-state index in [0.29, 0.717) is 6.42 Å². The molecular formula is C13H15NO4. The van der Waals surface area contributed by atoms with E-state index in [4.69, 9.17) is 0 Å². The van der Waals surface area contributed by atoms with E-state index in [9.17, 15) is 14.9 Å². The first-order chi connectivity index (χ1) is 8.63. The molecule has 5 nitrogen and oxygen atoms in total. The van der Waals surface area contributed by atoms with Crippen molar-refractivity contribution in [1.29, 1.82) is 0 Å². The minimum Gasteiger partial charge on any atom is -0.469 e. The van der Waals surface area contributed by atoms with Gasteiger partial charge in [-0.25, -0.2) is 0 Å². The Morgan fingerprint density at radius 3 is 2.61 bits per heavy atom. The van der Waals surface area contributed by atoms with Crippen LogP contribution >= 0.6 is 0 Å². The van der Waals surface area contributed by atoms with Crippen molar-refractivity contribution in [3.8, 4) is 0 Å². The number of carbonyl (C=O) groups excluding carboxylic acids is 1. The van der Waals surface area contributed by atoms with Crippen LogP contribution in [0.25, 0.3) is 6.08 Å². The standard InChI is InChI=1S/C13H15NO4/c1-18-13(15)6-4-2-3-5-11-7-9-12(10-8-11)14(16)17/h3,5,7-10H,2,4,6H2,1H3/b5-3+. The van der Waals surface area contributed by atoms with Crippen molar-refractivity contribution in [2.75, 3.05) is 7.11 Å². The second kappa shape index (κ2) is 7.21. The third-order valence-electron chi connectivity index (χ3n) is 2.39. The average molecular weight is 249 g/mol. The predicted octanol–water partition coefficient (Wildman–Crippen LogP) is 2.95. The predicted molar refractivity (Wildman–Crippen MR) is 68.0 cm³/mol. The summed E-state index contributed by atoms with van der Waals surface area (Å²) in [7, 11) is 1.37. The third-order valence-corrected chi connectivity index (χ3v) is 2.39. The molecule has 1 aromatic rings. The number of nitrogens with zero attached hydrogens (tertiary/aromatic N) is 1. The van der Waals surface area contributed by atoms with Crippen molar-refractivity contribution in [2.45, 2.75) is 19.3 Å². The molecule has 18 heavy (non-hydrogen) atoms. The van der Waals surface area contributed by atoms with Crippen LogP contribution in [0.3, 0.4) is 0 Å². The molecule has 0 saturated carbocycles. The molecule has 0 atom stereocenters. The molecule has 0 saturated heterocycles. The molecule has 0 aliphatic heterocycles. The van der Waals surface area contributed by atoms with Crippen LogP contribution in [0, 0.1) is 10.1 Å². The maximum absolute atomic E-state index is 10.8. The minimum absolute atomic E-state index is 0.0813. The summed E-state index contributed by atoms with van der Waals surface area (Å²) in [4.78, 5) is 20.9. The quantitative estimate of drug-likeness (QED) is 0.336. The number of nitro benzene ring substituents is 1. The number of hydrogen-bond donors (Lipinski definition) is 0. The number of rotatable bonds is 6. The fourth-order valence-corrected chi connectivity index (χ4v) is 1.39. The van der Waals surface area contributed by atoms with Gasteiger partial charge >= 0.3 is 5.97 Å². The van der Waals surface area contributed by atoms with Crippen LogP contribution in [0.2, 0.25) is 0 Å². The van der Waals surface area contributed by atoms with Crippen LogP contribution in [0.4, 0.5) is 5.69 Å². The number of ether oxygens (including phenoxy) is 1. The number of unbranched alkanes of at least 4 members (excludes halogenated alkanes) is 1. The summed E-state index contributed by atoms with van der Waals surface area (Å²) in [6.07, 6.45) is 5.72. The summed E-state index contributed by atoms with van der Waals surface area (Å²) in [5.41, 5.74) is 0.983. The Morgan fingerprint density at radius 2 is 2.06 bits per heavy atom. The Hall–Kier alpha value is -2.17. The van der Waals surface area contributed by atoms with Crippen molar-refractivity contribution in [3.63, 3.8) is 0 Å². The number of allylic oxidation sites excluding steroid dienone is 1. The molecular weight excluding hydrogens is 234 g/mol. The van der Waals surface area contributed by atoms with E-state index < -0.39 is 4.92 Å². The van der Waals surface area contributed by atoms with Gasteiger partial charge < -0.3 is 4.74 Å². The second-order valence-electron chi connectivity index (χ2n) is 3.72. The van der Waals surface area contributed by atoms with E-state index in [1.165, 1.54) is 19.2 Å². The van der Waals surface area contributed by atoms with Gasteiger partial charge in [0.1, 0.15) is 0 Å². The number of benzene rings is 1. The second-order valence-corrected chi connectivity index (χ2v) is 3.72. The van der Waals surface area contributed by atoms with Crippen LogP contribution in [-0.4, -0.2) is 18.0 Å². The molecule has 1 rings (SSSR count). The maximum Gasteiger partial charge on any atom is 0.305 e. The van der Waals surface area contributed by atoms with E-state index in [1.54, 1.807) is 12.1 Å². The average Bonchev–Trinajstić information content (AvgIpc) is 2.38. The first-order valence-corrected chi connectivity index (χ1v) is 5.61. The highest BCUT2D eigenvalue weighted by molar-refractivity contribution is 5.69. The van der Waals surface area contributed by atoms with Crippen molar-refractivity contribution in [1.82, 2.24) is 0 Å². The van der Waals surface area contributed by atoms with Gasteiger partial charge in [-0.2, -0.15) is 0 Å². The maximum atomic E-state index is 10.8. The van der Waals surface area contributed by atoms with Gasteiger partial charge in [-0.15, -0.1) is 0 Å². The summed E-state index contributed by atoms with van der Waals surface area (Å²) in [5.74, 6) is -0.210. The van der Waals surface area contributed by atoms with Gasteiger partial charge in [-0.3, -0.25) is 14.9 Å². The Balaban J connectivity index is 2.38. The summed E-state index contributed by atoms with van der Waals surface area (Å²) < 4.78 is 4.52. The van der Waals surface area contributed by atoms with Crippen molar-refractivity contribution < 1.29 is 14.5 Å². The molecule has 0 heterocycles. The number of carbonyl (C=O) groups is 1. The highest BCUT2D eigenvalue weighted by Gasteiger charge is 2.02. The zero-order valence-corrected chi connectivity index (χ0v) is 10.2. The van der Waals surface area contributed by atoms with Crippen molar-refractivity contribution in [2.24, 2.45) is 0 Å². The van der Waals surface area contributed by atoms with E-state index in [2.05, 4.69) is 4.74 Å². The van der Waals surface area contributed by atoms with E-state index >= 15 is 0 Å². The number of non-ortho nitro benzene ring substituents is 1. The van der Waals surface area contributed by atoms with Crippen LogP contribution in [0.15, 0.2) is 30.3 Å². The molecule has 0 fully saturated rings. The first kappa shape index (κ1) is 13.9. The Morgan fingerprint density at radius 1 is 1.39 bits per heavy atom. The molecule has 0 radical (unpaired) electrons. The van der Waals surface area contributed by atoms with Crippen LogP contribution in [0.5, 0.6) is 0 Å². The van der Waals surface area contributed by atoms with Gasteiger partial charge in [0.2, 0.25) is 0 Å². The molecule has 0 amide bonds. The van der Waals surface area contributed by atoms with Crippen LogP contribution in [0.1, 0.15) is 24.8 Å². The number of esters is 1. The highest BCUT2D eigenvalue weighted by atomic mass is 16.6. The SMILES string of the molecule is COC(=O)CCC/C=C/c1ccc([N+](=O)[O-])cc1. The third kappa shape index (κ3) is 4.78. The molecule has 0 unspecified atom stereocenters. The van der Waals surface area contributed by atoms with Crippen LogP contribution < -0.4 is 0 Å². The molecule has 96 valence electrons. The van der Waals surface area contributed by atoms with Gasteiger partial charge in [-0.1, -0.05) is 12.2 Å². The van der Waals surface area contributed by atoms with Gasteiger partial charge in [0.05, 0.1) is 12.0 Å². The van der Waals surface area contributed by atoms with Gasteiger partial charge in [0.15, 0.2) is 0 Å². The summed E-state index contributed by atoms with van der Waals surface area (Å²) in [6, 6.07) is 6.31. The molecule has 0 spiro atoms. The number of hydrogen-bond acceptors (Lipinski definition) is 4. The number of methoxy groups -OCH3 is 1. The summed E-state index contributed by atoms with van der Waals surface area (Å²) in [6.45, 7) is 0. The van der Waals surface area contributed by atoms with Crippen molar-refractivity contribution in [3.05, 3.63) is 46.0 Å².